The maximum Gasteiger partial charge on any atom is 0.137 e. The van der Waals surface area contributed by atoms with Gasteiger partial charge in [-0.1, -0.05) is 53.6 Å². The molecule has 0 aliphatic carbocycles. The molecule has 0 fully saturated rings. The van der Waals surface area contributed by atoms with Crippen LogP contribution in [-0.4, -0.2) is 24.4 Å². The second-order valence-corrected chi connectivity index (χ2v) is 8.12. The Morgan fingerprint density at radius 3 is 2.47 bits per heavy atom. The first-order chi connectivity index (χ1) is 15.3. The molecule has 0 spiro atoms. The van der Waals surface area contributed by atoms with Crippen LogP contribution in [0.15, 0.2) is 67.4 Å². The Labute approximate surface area is 193 Å². The van der Waals surface area contributed by atoms with Gasteiger partial charge < -0.3 is 9.67 Å². The Morgan fingerprint density at radius 2 is 1.78 bits per heavy atom. The van der Waals surface area contributed by atoms with E-state index in [0.717, 1.165) is 17.7 Å². The predicted octanol–water partition coefficient (Wildman–Crippen LogP) is 5.42. The summed E-state index contributed by atoms with van der Waals surface area (Å²) in [5.74, 6) is -1.60. The molecule has 9 heteroatoms. The molecule has 1 N–H and O–H groups in total. The van der Waals surface area contributed by atoms with Crippen LogP contribution < -0.4 is 0 Å². The van der Waals surface area contributed by atoms with E-state index in [4.69, 9.17) is 23.2 Å². The fraction of sp³-hybridized carbons (Fsp3) is 0.130. The monoisotopic (exact) mass is 474 g/mol. The van der Waals surface area contributed by atoms with Crippen molar-refractivity contribution in [1.82, 2.24) is 19.3 Å². The first-order valence-corrected chi connectivity index (χ1v) is 10.4. The largest absolute Gasteiger partial charge is 0.381 e. The van der Waals surface area contributed by atoms with Crippen LogP contribution in [0.5, 0.6) is 0 Å². The van der Waals surface area contributed by atoms with E-state index in [0.29, 0.717) is 15.7 Å². The number of benzene rings is 2. The number of nitrogens with zero attached hydrogens (tertiary/aromatic N) is 4. The second kappa shape index (κ2) is 9.24. The molecule has 0 amide bonds. The SMILES string of the molecule is OC(Cn1cncn1)(Cn1ccc(/C=C/c2ccc(Cl)cc2)c1Cl)c1ccc(F)cc1F. The van der Waals surface area contributed by atoms with Crippen molar-refractivity contribution < 1.29 is 13.9 Å². The van der Waals surface area contributed by atoms with Gasteiger partial charge in [-0.2, -0.15) is 5.10 Å². The zero-order chi connectivity index (χ0) is 22.7. The molecular formula is C23H18Cl2F2N4O. The molecule has 5 nitrogen and oxygen atoms in total. The highest BCUT2D eigenvalue weighted by Crippen LogP contribution is 2.31. The van der Waals surface area contributed by atoms with E-state index >= 15 is 0 Å². The summed E-state index contributed by atoms with van der Waals surface area (Å²) in [5, 5.41) is 16.5. The summed E-state index contributed by atoms with van der Waals surface area (Å²) >= 11 is 12.5. The zero-order valence-electron chi connectivity index (χ0n) is 16.7. The molecule has 0 aliphatic rings. The van der Waals surface area contributed by atoms with Crippen molar-refractivity contribution in [3.05, 3.63) is 106 Å². The van der Waals surface area contributed by atoms with E-state index in [1.165, 1.54) is 23.4 Å². The highest BCUT2D eigenvalue weighted by atomic mass is 35.5. The number of aliphatic hydroxyl groups is 1. The Bertz CT molecular complexity index is 1240. The van der Waals surface area contributed by atoms with Crippen molar-refractivity contribution >= 4 is 35.4 Å². The molecule has 2 aromatic carbocycles. The molecule has 0 saturated heterocycles. The smallest absolute Gasteiger partial charge is 0.137 e. The van der Waals surface area contributed by atoms with Crippen LogP contribution >= 0.6 is 23.2 Å². The van der Waals surface area contributed by atoms with Crippen molar-refractivity contribution in [3.63, 3.8) is 0 Å². The molecular weight excluding hydrogens is 457 g/mol. The van der Waals surface area contributed by atoms with E-state index in [9.17, 15) is 13.9 Å². The second-order valence-electron chi connectivity index (χ2n) is 7.32. The first-order valence-electron chi connectivity index (χ1n) is 9.63. The van der Waals surface area contributed by atoms with Crippen LogP contribution in [0.3, 0.4) is 0 Å². The standard InChI is InChI=1S/C23H18Cl2F2N4O/c24-18-5-2-16(3-6-18)1-4-17-9-10-30(22(17)25)12-23(32,13-31-15-28-14-29-31)20-8-7-19(26)11-21(20)27/h1-11,14-15,32H,12-13H2/b4-1+. The van der Waals surface area contributed by atoms with Crippen LogP contribution in [0.1, 0.15) is 16.7 Å². The third kappa shape index (κ3) is 4.91. The van der Waals surface area contributed by atoms with Gasteiger partial charge in [0, 0.05) is 28.4 Å². The van der Waals surface area contributed by atoms with Crippen LogP contribution in [0.4, 0.5) is 8.78 Å². The molecule has 1 unspecified atom stereocenters. The summed E-state index contributed by atoms with van der Waals surface area (Å²) < 4.78 is 31.1. The highest BCUT2D eigenvalue weighted by molar-refractivity contribution is 6.31. The average Bonchev–Trinajstić information content (AvgIpc) is 3.38. The number of halogens is 4. The van der Waals surface area contributed by atoms with Gasteiger partial charge in [0.05, 0.1) is 13.1 Å². The Kier molecular flexibility index (Phi) is 6.41. The summed E-state index contributed by atoms with van der Waals surface area (Å²) in [5.41, 5.74) is -0.193. The summed E-state index contributed by atoms with van der Waals surface area (Å²) in [6.45, 7) is -0.205. The molecule has 0 bridgehead atoms. The molecule has 4 rings (SSSR count). The summed E-state index contributed by atoms with van der Waals surface area (Å²) in [7, 11) is 0. The number of hydrogen-bond donors (Lipinski definition) is 1. The van der Waals surface area contributed by atoms with Gasteiger partial charge in [0.15, 0.2) is 0 Å². The Morgan fingerprint density at radius 1 is 1.00 bits per heavy atom. The molecule has 0 saturated carbocycles. The van der Waals surface area contributed by atoms with Gasteiger partial charge >= 0.3 is 0 Å². The van der Waals surface area contributed by atoms with E-state index in [1.54, 1.807) is 29.0 Å². The highest BCUT2D eigenvalue weighted by Gasteiger charge is 2.34. The summed E-state index contributed by atoms with van der Waals surface area (Å²) in [6.07, 6.45) is 8.12. The third-order valence-electron chi connectivity index (χ3n) is 5.00. The molecule has 164 valence electrons. The van der Waals surface area contributed by atoms with Crippen molar-refractivity contribution in [2.75, 3.05) is 0 Å². The lowest BCUT2D eigenvalue weighted by Gasteiger charge is -2.30. The van der Waals surface area contributed by atoms with Gasteiger partial charge in [0.1, 0.15) is 35.0 Å². The van der Waals surface area contributed by atoms with Crippen molar-refractivity contribution in [3.8, 4) is 0 Å². The number of aromatic nitrogens is 4. The fourth-order valence-electron chi connectivity index (χ4n) is 3.43. The van der Waals surface area contributed by atoms with Crippen LogP contribution in [0.2, 0.25) is 10.2 Å². The maximum atomic E-state index is 14.6. The molecule has 0 aliphatic heterocycles. The molecule has 2 heterocycles. The molecule has 32 heavy (non-hydrogen) atoms. The lowest BCUT2D eigenvalue weighted by Crippen LogP contribution is -2.37. The molecule has 0 radical (unpaired) electrons. The van der Waals surface area contributed by atoms with E-state index in [1.807, 2.05) is 24.3 Å². The molecule has 4 aromatic rings. The van der Waals surface area contributed by atoms with Crippen molar-refractivity contribution in [1.29, 1.82) is 0 Å². The fourth-order valence-corrected chi connectivity index (χ4v) is 3.80. The minimum atomic E-state index is -1.77. The molecule has 1 atom stereocenters. The van der Waals surface area contributed by atoms with Crippen molar-refractivity contribution in [2.45, 2.75) is 18.7 Å². The van der Waals surface area contributed by atoms with Crippen LogP contribution in [0, 0.1) is 11.6 Å². The van der Waals surface area contributed by atoms with Gasteiger partial charge in [-0.05, 0) is 29.8 Å². The molecule has 2 aromatic heterocycles. The minimum absolute atomic E-state index is 0.0718. The topological polar surface area (TPSA) is 55.9 Å². The predicted molar refractivity (Wildman–Crippen MR) is 120 cm³/mol. The number of rotatable bonds is 7. The van der Waals surface area contributed by atoms with Crippen LogP contribution in [0.25, 0.3) is 12.2 Å². The third-order valence-corrected chi connectivity index (χ3v) is 5.69. The Balaban J connectivity index is 1.64. The summed E-state index contributed by atoms with van der Waals surface area (Å²) in [4.78, 5) is 3.86. The van der Waals surface area contributed by atoms with Gasteiger partial charge in [0.2, 0.25) is 0 Å². The van der Waals surface area contributed by atoms with E-state index in [-0.39, 0.29) is 18.7 Å². The average molecular weight is 475 g/mol. The van der Waals surface area contributed by atoms with E-state index < -0.39 is 17.2 Å². The quantitative estimate of drug-likeness (QED) is 0.388. The van der Waals surface area contributed by atoms with E-state index in [2.05, 4.69) is 10.1 Å². The zero-order valence-corrected chi connectivity index (χ0v) is 18.2. The van der Waals surface area contributed by atoms with Crippen molar-refractivity contribution in [2.24, 2.45) is 0 Å². The van der Waals surface area contributed by atoms with Crippen LogP contribution in [-0.2, 0) is 18.7 Å². The number of hydrogen-bond acceptors (Lipinski definition) is 3. The Hall–Kier alpha value is -3.00. The van der Waals surface area contributed by atoms with Gasteiger partial charge in [-0.3, -0.25) is 0 Å². The lowest BCUT2D eigenvalue weighted by molar-refractivity contribution is -0.00528. The first kappa shape index (κ1) is 22.2. The normalized spacial score (nSPS) is 13.5. The summed E-state index contributed by atoms with van der Waals surface area (Å²) in [6, 6.07) is 12.2. The lowest BCUT2D eigenvalue weighted by atomic mass is 9.92. The van der Waals surface area contributed by atoms with Gasteiger partial charge in [0.25, 0.3) is 0 Å². The van der Waals surface area contributed by atoms with Gasteiger partial charge in [-0.25, -0.2) is 18.4 Å². The maximum absolute atomic E-state index is 14.6. The van der Waals surface area contributed by atoms with Gasteiger partial charge in [-0.15, -0.1) is 0 Å². The minimum Gasteiger partial charge on any atom is -0.381 e.